The Balaban J connectivity index is 1.73. The molecule has 0 aromatic heterocycles. The minimum Gasteiger partial charge on any atom is -0.329 e. The van der Waals surface area contributed by atoms with Gasteiger partial charge in [-0.1, -0.05) is 20.3 Å². The number of nitrogens with zero attached hydrogens (tertiary/aromatic N) is 2. The molecule has 2 heterocycles. The molecule has 2 aliphatic heterocycles. The Morgan fingerprint density at radius 1 is 1.10 bits per heavy atom. The van der Waals surface area contributed by atoms with Gasteiger partial charge in [-0.25, -0.2) is 0 Å². The number of piperidine rings is 1. The first-order valence-corrected chi connectivity index (χ1v) is 8.85. The molecule has 0 aromatic rings. The fraction of sp³-hybridized carbons (Fsp3) is 1.00. The molecule has 4 atom stereocenters. The highest BCUT2D eigenvalue weighted by atomic mass is 15.3. The predicted octanol–water partition coefficient (Wildman–Crippen LogP) is 2.31. The van der Waals surface area contributed by atoms with Crippen LogP contribution in [0.1, 0.15) is 52.4 Å². The summed E-state index contributed by atoms with van der Waals surface area (Å²) in [7, 11) is 0. The standard InChI is InChI=1S/C17H33N3/c1-14-6-7-17(13-18,15(2)11-14)20-10-9-19-8-4-3-5-16(19)12-20/h14-16H,3-13,18H2,1-2H3. The topological polar surface area (TPSA) is 32.5 Å². The van der Waals surface area contributed by atoms with Gasteiger partial charge in [-0.3, -0.25) is 9.80 Å². The second kappa shape index (κ2) is 5.94. The number of rotatable bonds is 2. The van der Waals surface area contributed by atoms with Gasteiger partial charge in [0.15, 0.2) is 0 Å². The van der Waals surface area contributed by atoms with Crippen LogP contribution in [-0.2, 0) is 0 Å². The van der Waals surface area contributed by atoms with E-state index in [-0.39, 0.29) is 0 Å². The lowest BCUT2D eigenvalue weighted by Crippen LogP contribution is -2.67. The maximum absolute atomic E-state index is 6.32. The van der Waals surface area contributed by atoms with Gasteiger partial charge in [0.05, 0.1) is 0 Å². The van der Waals surface area contributed by atoms with Crippen LogP contribution in [0.25, 0.3) is 0 Å². The van der Waals surface area contributed by atoms with Gasteiger partial charge in [0.25, 0.3) is 0 Å². The van der Waals surface area contributed by atoms with E-state index >= 15 is 0 Å². The van der Waals surface area contributed by atoms with Crippen molar-refractivity contribution in [3.63, 3.8) is 0 Å². The van der Waals surface area contributed by atoms with Crippen molar-refractivity contribution in [1.29, 1.82) is 0 Å². The monoisotopic (exact) mass is 279 g/mol. The van der Waals surface area contributed by atoms with Gasteiger partial charge in [-0.2, -0.15) is 0 Å². The Kier molecular flexibility index (Phi) is 4.40. The molecule has 0 radical (unpaired) electrons. The lowest BCUT2D eigenvalue weighted by molar-refractivity contribution is -0.0557. The summed E-state index contributed by atoms with van der Waals surface area (Å²) in [6.07, 6.45) is 8.29. The summed E-state index contributed by atoms with van der Waals surface area (Å²) in [6, 6.07) is 0.812. The van der Waals surface area contributed by atoms with Crippen molar-refractivity contribution < 1.29 is 0 Å². The fourth-order valence-electron chi connectivity index (χ4n) is 5.15. The van der Waals surface area contributed by atoms with Crippen LogP contribution in [0.5, 0.6) is 0 Å². The summed E-state index contributed by atoms with van der Waals surface area (Å²) in [4.78, 5) is 5.54. The van der Waals surface area contributed by atoms with Crippen LogP contribution in [0.4, 0.5) is 0 Å². The molecule has 2 saturated heterocycles. The largest absolute Gasteiger partial charge is 0.329 e. The van der Waals surface area contributed by atoms with Crippen molar-refractivity contribution >= 4 is 0 Å². The summed E-state index contributed by atoms with van der Waals surface area (Å²) in [5, 5.41) is 0. The molecule has 0 amide bonds. The Bertz CT molecular complexity index is 332. The zero-order valence-corrected chi connectivity index (χ0v) is 13.5. The SMILES string of the molecule is CC1CCC(CN)(N2CCN3CCCCC3C2)C(C)C1. The van der Waals surface area contributed by atoms with Crippen molar-refractivity contribution in [3.8, 4) is 0 Å². The smallest absolute Gasteiger partial charge is 0.0358 e. The Hall–Kier alpha value is -0.120. The first-order chi connectivity index (χ1) is 9.65. The van der Waals surface area contributed by atoms with Gasteiger partial charge < -0.3 is 5.73 Å². The van der Waals surface area contributed by atoms with E-state index in [1.54, 1.807) is 0 Å². The summed E-state index contributed by atoms with van der Waals surface area (Å²) in [5.74, 6) is 1.65. The molecule has 3 fully saturated rings. The van der Waals surface area contributed by atoms with Gasteiger partial charge in [-0.15, -0.1) is 0 Å². The number of piperazine rings is 1. The van der Waals surface area contributed by atoms with E-state index in [1.165, 1.54) is 64.7 Å². The molecular weight excluding hydrogens is 246 g/mol. The minimum absolute atomic E-state index is 0.302. The normalized spacial score (nSPS) is 44.2. The number of hydrogen-bond acceptors (Lipinski definition) is 3. The summed E-state index contributed by atoms with van der Waals surface area (Å²) < 4.78 is 0. The predicted molar refractivity (Wildman–Crippen MR) is 84.7 cm³/mol. The highest BCUT2D eigenvalue weighted by Crippen LogP contribution is 2.41. The van der Waals surface area contributed by atoms with Crippen LogP contribution in [0, 0.1) is 11.8 Å². The van der Waals surface area contributed by atoms with Crippen LogP contribution in [0.15, 0.2) is 0 Å². The highest BCUT2D eigenvalue weighted by molar-refractivity contribution is 5.02. The van der Waals surface area contributed by atoms with Crippen molar-refractivity contribution in [1.82, 2.24) is 9.80 Å². The maximum atomic E-state index is 6.32. The van der Waals surface area contributed by atoms with Gasteiger partial charge in [0.2, 0.25) is 0 Å². The van der Waals surface area contributed by atoms with Gasteiger partial charge in [0, 0.05) is 37.8 Å². The van der Waals surface area contributed by atoms with E-state index in [9.17, 15) is 0 Å². The maximum Gasteiger partial charge on any atom is 0.0358 e. The Morgan fingerprint density at radius 3 is 2.70 bits per heavy atom. The molecule has 20 heavy (non-hydrogen) atoms. The molecule has 1 aliphatic carbocycles. The summed E-state index contributed by atoms with van der Waals surface area (Å²) >= 11 is 0. The van der Waals surface area contributed by atoms with Crippen LogP contribution in [0.2, 0.25) is 0 Å². The molecule has 116 valence electrons. The minimum atomic E-state index is 0.302. The average molecular weight is 279 g/mol. The van der Waals surface area contributed by atoms with Crippen molar-refractivity contribution in [2.75, 3.05) is 32.7 Å². The molecule has 0 aromatic carbocycles. The molecule has 0 spiro atoms. The average Bonchev–Trinajstić information content (AvgIpc) is 2.47. The number of hydrogen-bond donors (Lipinski definition) is 1. The van der Waals surface area contributed by atoms with Gasteiger partial charge >= 0.3 is 0 Å². The Morgan fingerprint density at radius 2 is 1.95 bits per heavy atom. The van der Waals surface area contributed by atoms with Gasteiger partial charge in [-0.05, 0) is 50.5 Å². The molecule has 3 heteroatoms. The fourth-order valence-corrected chi connectivity index (χ4v) is 5.15. The molecule has 1 saturated carbocycles. The van der Waals surface area contributed by atoms with E-state index in [0.29, 0.717) is 5.54 Å². The molecule has 3 nitrogen and oxygen atoms in total. The van der Waals surface area contributed by atoms with Crippen molar-refractivity contribution in [2.45, 2.75) is 64.0 Å². The summed E-state index contributed by atoms with van der Waals surface area (Å²) in [6.45, 7) is 10.8. The molecule has 3 rings (SSSR count). The third-order valence-corrected chi connectivity index (χ3v) is 6.56. The van der Waals surface area contributed by atoms with E-state index in [2.05, 4.69) is 23.6 Å². The van der Waals surface area contributed by atoms with Crippen molar-refractivity contribution in [3.05, 3.63) is 0 Å². The molecule has 4 unspecified atom stereocenters. The van der Waals surface area contributed by atoms with Crippen molar-refractivity contribution in [2.24, 2.45) is 17.6 Å². The quantitative estimate of drug-likeness (QED) is 0.842. The van der Waals surface area contributed by atoms with E-state index < -0.39 is 0 Å². The van der Waals surface area contributed by atoms with E-state index in [0.717, 1.165) is 24.4 Å². The van der Waals surface area contributed by atoms with Crippen LogP contribution in [0.3, 0.4) is 0 Å². The lowest BCUT2D eigenvalue weighted by Gasteiger charge is -2.56. The van der Waals surface area contributed by atoms with Gasteiger partial charge in [0.1, 0.15) is 0 Å². The van der Waals surface area contributed by atoms with Crippen LogP contribution in [-0.4, -0.2) is 54.1 Å². The molecular formula is C17H33N3. The molecule has 3 aliphatic rings. The second-order valence-corrected chi connectivity index (χ2v) is 7.72. The third-order valence-electron chi connectivity index (χ3n) is 6.56. The third kappa shape index (κ3) is 2.53. The zero-order chi connectivity index (χ0) is 14.2. The van der Waals surface area contributed by atoms with E-state index in [1.807, 2.05) is 0 Å². The van der Waals surface area contributed by atoms with E-state index in [4.69, 9.17) is 5.73 Å². The lowest BCUT2D eigenvalue weighted by atomic mass is 9.68. The second-order valence-electron chi connectivity index (χ2n) is 7.72. The molecule has 0 bridgehead atoms. The Labute approximate surface area is 124 Å². The first kappa shape index (κ1) is 14.8. The molecule has 2 N–H and O–H groups in total. The first-order valence-electron chi connectivity index (χ1n) is 8.85. The zero-order valence-electron chi connectivity index (χ0n) is 13.5. The number of nitrogens with two attached hydrogens (primary N) is 1. The van der Waals surface area contributed by atoms with Crippen LogP contribution < -0.4 is 5.73 Å². The highest BCUT2D eigenvalue weighted by Gasteiger charge is 2.46. The number of fused-ring (bicyclic) bond motifs is 1. The van der Waals surface area contributed by atoms with Crippen LogP contribution >= 0.6 is 0 Å². The summed E-state index contributed by atoms with van der Waals surface area (Å²) in [5.41, 5.74) is 6.62.